The molecule has 0 saturated carbocycles. The Morgan fingerprint density at radius 3 is 2.25 bits per heavy atom. The van der Waals surface area contributed by atoms with E-state index in [-0.39, 0.29) is 12.1 Å². The Labute approximate surface area is 125 Å². The lowest BCUT2D eigenvalue weighted by Crippen LogP contribution is -2.22. The van der Waals surface area contributed by atoms with Crippen LogP contribution in [0, 0.1) is 0 Å². The molecule has 1 aromatic heterocycles. The zero-order chi connectivity index (χ0) is 14.7. The molecule has 2 N–H and O–H groups in total. The van der Waals surface area contributed by atoms with Crippen molar-refractivity contribution >= 4 is 17.3 Å². The molecule has 0 aliphatic carbocycles. The van der Waals surface area contributed by atoms with Crippen molar-refractivity contribution in [3.8, 4) is 0 Å². The predicted molar refractivity (Wildman–Crippen MR) is 85.1 cm³/mol. The molecule has 0 aliphatic rings. The summed E-state index contributed by atoms with van der Waals surface area (Å²) >= 11 is 5.92. The molecule has 20 heavy (non-hydrogen) atoms. The van der Waals surface area contributed by atoms with Crippen molar-refractivity contribution in [1.82, 2.24) is 4.98 Å². The van der Waals surface area contributed by atoms with E-state index in [1.165, 1.54) is 5.56 Å². The first-order chi connectivity index (χ1) is 9.49. The van der Waals surface area contributed by atoms with Gasteiger partial charge in [-0.2, -0.15) is 0 Å². The molecule has 3 nitrogen and oxygen atoms in total. The summed E-state index contributed by atoms with van der Waals surface area (Å²) < 4.78 is 0. The number of hydrogen-bond acceptors (Lipinski definition) is 3. The SMILES string of the molecule is CC(c1ccc(Cl)cc1)N(C)c1ccc([C@@H](C)N)nc1. The zero-order valence-electron chi connectivity index (χ0n) is 12.0. The first-order valence-electron chi connectivity index (χ1n) is 6.69. The Hall–Kier alpha value is -1.58. The van der Waals surface area contributed by atoms with Crippen LogP contribution in [-0.2, 0) is 0 Å². The molecular formula is C16H20ClN3. The molecule has 0 aliphatic heterocycles. The van der Waals surface area contributed by atoms with Crippen LogP contribution in [0.1, 0.15) is 37.2 Å². The minimum Gasteiger partial charge on any atom is -0.367 e. The predicted octanol–water partition coefficient (Wildman–Crippen LogP) is 3.95. The summed E-state index contributed by atoms with van der Waals surface area (Å²) in [4.78, 5) is 6.58. The molecule has 0 fully saturated rings. The second-order valence-corrected chi connectivity index (χ2v) is 5.50. The van der Waals surface area contributed by atoms with Crippen LogP contribution in [-0.4, -0.2) is 12.0 Å². The number of halogens is 1. The minimum absolute atomic E-state index is 0.0388. The molecule has 0 amide bonds. The van der Waals surface area contributed by atoms with Gasteiger partial charge in [0.15, 0.2) is 0 Å². The van der Waals surface area contributed by atoms with Gasteiger partial charge < -0.3 is 10.6 Å². The maximum atomic E-state index is 5.92. The first-order valence-corrected chi connectivity index (χ1v) is 7.06. The summed E-state index contributed by atoms with van der Waals surface area (Å²) in [6.45, 7) is 4.09. The Bertz CT molecular complexity index is 549. The van der Waals surface area contributed by atoms with Gasteiger partial charge in [0.25, 0.3) is 0 Å². The van der Waals surface area contributed by atoms with E-state index in [9.17, 15) is 0 Å². The number of anilines is 1. The van der Waals surface area contributed by atoms with Crippen LogP contribution in [0.2, 0.25) is 5.02 Å². The van der Waals surface area contributed by atoms with E-state index in [4.69, 9.17) is 17.3 Å². The van der Waals surface area contributed by atoms with Crippen LogP contribution in [0.5, 0.6) is 0 Å². The summed E-state index contributed by atoms with van der Waals surface area (Å²) in [5, 5.41) is 0.756. The Balaban J connectivity index is 2.17. The number of nitrogens with two attached hydrogens (primary N) is 1. The van der Waals surface area contributed by atoms with Gasteiger partial charge in [-0.25, -0.2) is 0 Å². The smallest absolute Gasteiger partial charge is 0.0569 e. The molecule has 0 spiro atoms. The lowest BCUT2D eigenvalue weighted by Gasteiger charge is -2.27. The molecule has 2 atom stereocenters. The maximum absolute atomic E-state index is 5.92. The van der Waals surface area contributed by atoms with Crippen LogP contribution in [0.4, 0.5) is 5.69 Å². The largest absolute Gasteiger partial charge is 0.367 e. The van der Waals surface area contributed by atoms with Crippen molar-refractivity contribution in [2.45, 2.75) is 25.9 Å². The first kappa shape index (κ1) is 14.8. The fourth-order valence-electron chi connectivity index (χ4n) is 2.06. The monoisotopic (exact) mass is 289 g/mol. The number of pyridine rings is 1. The molecular weight excluding hydrogens is 270 g/mol. The van der Waals surface area contributed by atoms with Gasteiger partial charge in [-0.3, -0.25) is 4.98 Å². The van der Waals surface area contributed by atoms with E-state index >= 15 is 0 Å². The number of aromatic nitrogens is 1. The second kappa shape index (κ2) is 6.25. The molecule has 2 aromatic rings. The molecule has 4 heteroatoms. The third-order valence-electron chi connectivity index (χ3n) is 3.58. The molecule has 1 heterocycles. The molecule has 1 aromatic carbocycles. The van der Waals surface area contributed by atoms with E-state index in [0.717, 1.165) is 16.4 Å². The second-order valence-electron chi connectivity index (χ2n) is 5.07. The van der Waals surface area contributed by atoms with Crippen LogP contribution in [0.15, 0.2) is 42.6 Å². The van der Waals surface area contributed by atoms with Gasteiger partial charge in [-0.1, -0.05) is 23.7 Å². The Morgan fingerprint density at radius 1 is 1.10 bits per heavy atom. The fraction of sp³-hybridized carbons (Fsp3) is 0.312. The minimum atomic E-state index is -0.0388. The highest BCUT2D eigenvalue weighted by Gasteiger charge is 2.13. The molecule has 106 valence electrons. The number of rotatable bonds is 4. The van der Waals surface area contributed by atoms with Crippen LogP contribution in [0.3, 0.4) is 0 Å². The van der Waals surface area contributed by atoms with Crippen molar-refractivity contribution < 1.29 is 0 Å². The molecule has 1 unspecified atom stereocenters. The third kappa shape index (κ3) is 3.30. The molecule has 2 rings (SSSR count). The lowest BCUT2D eigenvalue weighted by molar-refractivity contribution is 0.732. The Morgan fingerprint density at radius 2 is 1.75 bits per heavy atom. The van der Waals surface area contributed by atoms with Gasteiger partial charge in [0.1, 0.15) is 0 Å². The van der Waals surface area contributed by atoms with Gasteiger partial charge in [0, 0.05) is 18.1 Å². The van der Waals surface area contributed by atoms with Crippen LogP contribution < -0.4 is 10.6 Å². The van der Waals surface area contributed by atoms with Gasteiger partial charge in [-0.05, 0) is 43.7 Å². The van der Waals surface area contributed by atoms with Gasteiger partial charge in [-0.15, -0.1) is 0 Å². The average Bonchev–Trinajstić information content (AvgIpc) is 2.46. The van der Waals surface area contributed by atoms with Crippen molar-refractivity contribution in [3.63, 3.8) is 0 Å². The normalized spacial score (nSPS) is 13.8. The quantitative estimate of drug-likeness (QED) is 0.926. The highest BCUT2D eigenvalue weighted by molar-refractivity contribution is 6.30. The number of nitrogens with zero attached hydrogens (tertiary/aromatic N) is 2. The zero-order valence-corrected chi connectivity index (χ0v) is 12.8. The van der Waals surface area contributed by atoms with Crippen LogP contribution >= 0.6 is 11.6 Å². The number of benzene rings is 1. The standard InChI is InChI=1S/C16H20ClN3/c1-11(18)16-9-8-15(10-19-16)20(3)12(2)13-4-6-14(17)7-5-13/h4-12H,18H2,1-3H3/t11-,12?/m1/s1. The third-order valence-corrected chi connectivity index (χ3v) is 3.83. The average molecular weight is 290 g/mol. The highest BCUT2D eigenvalue weighted by atomic mass is 35.5. The topological polar surface area (TPSA) is 42.1 Å². The van der Waals surface area contributed by atoms with Crippen molar-refractivity contribution in [3.05, 3.63) is 58.9 Å². The lowest BCUT2D eigenvalue weighted by atomic mass is 10.1. The van der Waals surface area contributed by atoms with Crippen molar-refractivity contribution in [2.75, 3.05) is 11.9 Å². The molecule has 0 radical (unpaired) electrons. The van der Waals surface area contributed by atoms with Gasteiger partial charge in [0.2, 0.25) is 0 Å². The summed E-state index contributed by atoms with van der Waals surface area (Å²) in [6.07, 6.45) is 1.87. The fourth-order valence-corrected chi connectivity index (χ4v) is 2.19. The van der Waals surface area contributed by atoms with E-state index in [2.05, 4.69) is 29.9 Å². The van der Waals surface area contributed by atoms with E-state index in [1.54, 1.807) is 0 Å². The van der Waals surface area contributed by atoms with E-state index < -0.39 is 0 Å². The molecule has 0 bridgehead atoms. The van der Waals surface area contributed by atoms with Gasteiger partial charge in [0.05, 0.1) is 23.6 Å². The maximum Gasteiger partial charge on any atom is 0.0569 e. The van der Waals surface area contributed by atoms with Crippen LogP contribution in [0.25, 0.3) is 0 Å². The summed E-state index contributed by atoms with van der Waals surface area (Å²) in [5.41, 5.74) is 9.00. The highest BCUT2D eigenvalue weighted by Crippen LogP contribution is 2.26. The summed E-state index contributed by atoms with van der Waals surface area (Å²) in [6, 6.07) is 12.2. The van der Waals surface area contributed by atoms with Crippen molar-refractivity contribution in [1.29, 1.82) is 0 Å². The summed E-state index contributed by atoms with van der Waals surface area (Å²) in [7, 11) is 2.06. The Kier molecular flexibility index (Phi) is 4.63. The van der Waals surface area contributed by atoms with Gasteiger partial charge >= 0.3 is 0 Å². The summed E-state index contributed by atoms with van der Waals surface area (Å²) in [5.74, 6) is 0. The number of hydrogen-bond donors (Lipinski definition) is 1. The molecule has 0 saturated heterocycles. The van der Waals surface area contributed by atoms with E-state index in [1.807, 2.05) is 43.5 Å². The van der Waals surface area contributed by atoms with Crippen molar-refractivity contribution in [2.24, 2.45) is 5.73 Å². The van der Waals surface area contributed by atoms with E-state index in [0.29, 0.717) is 0 Å².